The number of nitriles is 1. The molecule has 5 heteroatoms. The van der Waals surface area contributed by atoms with Gasteiger partial charge in [0.1, 0.15) is 6.07 Å². The predicted molar refractivity (Wildman–Crippen MR) is 98.3 cm³/mol. The van der Waals surface area contributed by atoms with Crippen LogP contribution in [-0.4, -0.2) is 18.4 Å². The molecule has 0 spiro atoms. The zero-order valence-electron chi connectivity index (χ0n) is 14.7. The summed E-state index contributed by atoms with van der Waals surface area (Å²) in [5.41, 5.74) is 3.75. The molecule has 0 aromatic heterocycles. The highest BCUT2D eigenvalue weighted by Crippen LogP contribution is 2.22. The molecule has 0 aliphatic rings. The Kier molecular flexibility index (Phi) is 5.91. The average Bonchev–Trinajstić information content (AvgIpc) is 2.58. The summed E-state index contributed by atoms with van der Waals surface area (Å²) in [5, 5.41) is 11.8. The Morgan fingerprint density at radius 1 is 1.16 bits per heavy atom. The van der Waals surface area contributed by atoms with Crippen LogP contribution >= 0.6 is 0 Å². The third-order valence-electron chi connectivity index (χ3n) is 3.92. The van der Waals surface area contributed by atoms with Gasteiger partial charge in [0.25, 0.3) is 0 Å². The van der Waals surface area contributed by atoms with Crippen molar-refractivity contribution in [2.75, 3.05) is 16.8 Å². The minimum absolute atomic E-state index is 0.112. The van der Waals surface area contributed by atoms with Gasteiger partial charge in [-0.2, -0.15) is 5.26 Å². The minimum atomic E-state index is -0.237. The van der Waals surface area contributed by atoms with Gasteiger partial charge in [-0.05, 0) is 43.2 Å². The van der Waals surface area contributed by atoms with Crippen molar-refractivity contribution in [1.82, 2.24) is 0 Å². The van der Waals surface area contributed by atoms with E-state index in [2.05, 4.69) is 5.32 Å². The van der Waals surface area contributed by atoms with Gasteiger partial charge in [-0.15, -0.1) is 0 Å². The standard InChI is InChI=1S/C20H21N3O2/c1-14-8-9-15(2)19(12-14)23(16(3)24)11-10-20(25)22-18-7-5-4-6-17(18)13-21/h4-9,12H,10-11H2,1-3H3,(H,22,25). The lowest BCUT2D eigenvalue weighted by atomic mass is 10.1. The molecular formula is C20H21N3O2. The molecule has 2 rings (SSSR count). The number of benzene rings is 2. The summed E-state index contributed by atoms with van der Waals surface area (Å²) in [6.07, 6.45) is 0.146. The highest BCUT2D eigenvalue weighted by atomic mass is 16.2. The maximum absolute atomic E-state index is 12.2. The highest BCUT2D eigenvalue weighted by molar-refractivity contribution is 5.95. The summed E-state index contributed by atoms with van der Waals surface area (Å²) in [6.45, 7) is 5.67. The van der Waals surface area contributed by atoms with Crippen LogP contribution in [0.5, 0.6) is 0 Å². The molecule has 0 unspecified atom stereocenters. The number of hydrogen-bond donors (Lipinski definition) is 1. The maximum atomic E-state index is 12.2. The Morgan fingerprint density at radius 2 is 1.88 bits per heavy atom. The quantitative estimate of drug-likeness (QED) is 0.908. The molecule has 2 amide bonds. The van der Waals surface area contributed by atoms with Gasteiger partial charge in [-0.25, -0.2) is 0 Å². The van der Waals surface area contributed by atoms with Crippen LogP contribution in [0.2, 0.25) is 0 Å². The first-order valence-electron chi connectivity index (χ1n) is 8.06. The molecule has 0 heterocycles. The van der Waals surface area contributed by atoms with Crippen LogP contribution in [0.15, 0.2) is 42.5 Å². The molecule has 0 saturated heterocycles. The van der Waals surface area contributed by atoms with Crippen molar-refractivity contribution in [3.8, 4) is 6.07 Å². The maximum Gasteiger partial charge on any atom is 0.226 e. The summed E-state index contributed by atoms with van der Waals surface area (Å²) < 4.78 is 0. The summed E-state index contributed by atoms with van der Waals surface area (Å²) in [5.74, 6) is -0.349. The largest absolute Gasteiger partial charge is 0.325 e. The van der Waals surface area contributed by atoms with E-state index in [0.717, 1.165) is 16.8 Å². The lowest BCUT2D eigenvalue weighted by Crippen LogP contribution is -2.32. The summed E-state index contributed by atoms with van der Waals surface area (Å²) in [6, 6.07) is 14.8. The molecule has 0 radical (unpaired) electrons. The van der Waals surface area contributed by atoms with E-state index < -0.39 is 0 Å². The van der Waals surface area contributed by atoms with Gasteiger partial charge in [0, 0.05) is 25.6 Å². The Morgan fingerprint density at radius 3 is 2.56 bits per heavy atom. The van der Waals surface area contributed by atoms with E-state index in [9.17, 15) is 9.59 Å². The van der Waals surface area contributed by atoms with Gasteiger partial charge in [0.2, 0.25) is 11.8 Å². The summed E-state index contributed by atoms with van der Waals surface area (Å²) >= 11 is 0. The molecule has 25 heavy (non-hydrogen) atoms. The number of carbonyl (C=O) groups is 2. The molecule has 0 aliphatic carbocycles. The number of rotatable bonds is 5. The lowest BCUT2D eigenvalue weighted by molar-refractivity contribution is -0.117. The van der Waals surface area contributed by atoms with Crippen molar-refractivity contribution >= 4 is 23.2 Å². The van der Waals surface area contributed by atoms with Crippen molar-refractivity contribution in [3.63, 3.8) is 0 Å². The zero-order chi connectivity index (χ0) is 18.4. The van der Waals surface area contributed by atoms with E-state index in [4.69, 9.17) is 5.26 Å². The smallest absolute Gasteiger partial charge is 0.226 e. The van der Waals surface area contributed by atoms with Gasteiger partial charge in [0.15, 0.2) is 0 Å². The number of amides is 2. The number of aryl methyl sites for hydroxylation is 2. The predicted octanol–water partition coefficient (Wildman–Crippen LogP) is 3.56. The van der Waals surface area contributed by atoms with Crippen molar-refractivity contribution in [3.05, 3.63) is 59.2 Å². The molecule has 1 N–H and O–H groups in total. The molecule has 2 aromatic rings. The molecule has 0 bridgehead atoms. The average molecular weight is 335 g/mol. The van der Waals surface area contributed by atoms with Gasteiger partial charge in [-0.3, -0.25) is 9.59 Å². The second kappa shape index (κ2) is 8.11. The van der Waals surface area contributed by atoms with E-state index in [1.54, 1.807) is 29.2 Å². The third kappa shape index (κ3) is 4.67. The van der Waals surface area contributed by atoms with Crippen LogP contribution in [0.4, 0.5) is 11.4 Å². The van der Waals surface area contributed by atoms with E-state index in [1.807, 2.05) is 38.1 Å². The summed E-state index contributed by atoms with van der Waals surface area (Å²) in [7, 11) is 0. The highest BCUT2D eigenvalue weighted by Gasteiger charge is 2.16. The van der Waals surface area contributed by atoms with Crippen molar-refractivity contribution in [2.24, 2.45) is 0 Å². The Balaban J connectivity index is 2.09. The van der Waals surface area contributed by atoms with Gasteiger partial charge in [0.05, 0.1) is 11.3 Å². The van der Waals surface area contributed by atoms with E-state index in [1.165, 1.54) is 6.92 Å². The fraction of sp³-hybridized carbons (Fsp3) is 0.250. The number of carbonyl (C=O) groups excluding carboxylic acids is 2. The van der Waals surface area contributed by atoms with E-state index >= 15 is 0 Å². The molecule has 0 fully saturated rings. The topological polar surface area (TPSA) is 73.2 Å². The number of anilines is 2. The molecule has 2 aromatic carbocycles. The van der Waals surface area contributed by atoms with Crippen LogP contribution in [0.1, 0.15) is 30.0 Å². The number of para-hydroxylation sites is 1. The number of hydrogen-bond acceptors (Lipinski definition) is 3. The Labute approximate surface area is 147 Å². The SMILES string of the molecule is CC(=O)N(CCC(=O)Nc1ccccc1C#N)c1cc(C)ccc1C. The Hall–Kier alpha value is -3.13. The normalized spacial score (nSPS) is 10.0. The second-order valence-electron chi connectivity index (χ2n) is 5.92. The monoisotopic (exact) mass is 335 g/mol. The molecule has 0 atom stereocenters. The molecular weight excluding hydrogens is 314 g/mol. The van der Waals surface area contributed by atoms with Crippen LogP contribution in [0, 0.1) is 25.2 Å². The van der Waals surface area contributed by atoms with Crippen LogP contribution in [0.25, 0.3) is 0 Å². The Bertz CT molecular complexity index is 837. The molecule has 0 aliphatic heterocycles. The van der Waals surface area contributed by atoms with Gasteiger partial charge in [-0.1, -0.05) is 24.3 Å². The fourth-order valence-electron chi connectivity index (χ4n) is 2.57. The van der Waals surface area contributed by atoms with Gasteiger partial charge >= 0.3 is 0 Å². The first kappa shape index (κ1) is 18.2. The minimum Gasteiger partial charge on any atom is -0.325 e. The number of nitrogens with one attached hydrogen (secondary N) is 1. The molecule has 5 nitrogen and oxygen atoms in total. The fourth-order valence-corrected chi connectivity index (χ4v) is 2.57. The summed E-state index contributed by atoms with van der Waals surface area (Å²) in [4.78, 5) is 25.9. The van der Waals surface area contributed by atoms with Crippen LogP contribution in [-0.2, 0) is 9.59 Å². The van der Waals surface area contributed by atoms with Crippen molar-refractivity contribution in [1.29, 1.82) is 5.26 Å². The zero-order valence-corrected chi connectivity index (χ0v) is 14.7. The van der Waals surface area contributed by atoms with Crippen molar-refractivity contribution in [2.45, 2.75) is 27.2 Å². The van der Waals surface area contributed by atoms with Crippen molar-refractivity contribution < 1.29 is 9.59 Å². The number of nitrogens with zero attached hydrogens (tertiary/aromatic N) is 2. The lowest BCUT2D eigenvalue weighted by Gasteiger charge is -2.23. The third-order valence-corrected chi connectivity index (χ3v) is 3.92. The first-order chi connectivity index (χ1) is 11.9. The molecule has 128 valence electrons. The van der Waals surface area contributed by atoms with E-state index in [0.29, 0.717) is 11.3 Å². The second-order valence-corrected chi connectivity index (χ2v) is 5.92. The first-order valence-corrected chi connectivity index (χ1v) is 8.06. The van der Waals surface area contributed by atoms with E-state index in [-0.39, 0.29) is 24.8 Å². The van der Waals surface area contributed by atoms with Crippen LogP contribution in [0.3, 0.4) is 0 Å². The van der Waals surface area contributed by atoms with Crippen LogP contribution < -0.4 is 10.2 Å². The molecule has 0 saturated carbocycles. The van der Waals surface area contributed by atoms with Gasteiger partial charge < -0.3 is 10.2 Å².